The van der Waals surface area contributed by atoms with Crippen LogP contribution in [-0.4, -0.2) is 76.3 Å². The fourth-order valence-electron chi connectivity index (χ4n) is 6.31. The molecule has 15 nitrogen and oxygen atoms in total. The van der Waals surface area contributed by atoms with Gasteiger partial charge in [0.25, 0.3) is 17.7 Å². The van der Waals surface area contributed by atoms with E-state index in [1.807, 2.05) is 0 Å². The number of hydrogen-bond donors (Lipinski definition) is 2. The largest absolute Gasteiger partial charge is 0.514 e. The molecule has 0 unspecified atom stereocenters. The van der Waals surface area contributed by atoms with Crippen LogP contribution in [0.25, 0.3) is 0 Å². The second-order valence-corrected chi connectivity index (χ2v) is 16.7. The summed E-state index contributed by atoms with van der Waals surface area (Å²) in [6.07, 6.45) is 4.29. The van der Waals surface area contributed by atoms with Gasteiger partial charge >= 0.3 is 18.2 Å². The first kappa shape index (κ1) is 41.4. The minimum atomic E-state index is -1.06. The number of esters is 1. The van der Waals surface area contributed by atoms with Gasteiger partial charge in [-0.15, -0.1) is 0 Å². The summed E-state index contributed by atoms with van der Waals surface area (Å²) in [5.74, 6) is -3.13. The topological polar surface area (TPSA) is 174 Å². The Balaban J connectivity index is 1.24. The minimum absolute atomic E-state index is 0.0500. The van der Waals surface area contributed by atoms with Gasteiger partial charge in [0.05, 0.1) is 11.7 Å². The number of pyridine rings is 1. The van der Waals surface area contributed by atoms with Crippen molar-refractivity contribution in [3.8, 4) is 5.75 Å². The Morgan fingerprint density at radius 3 is 2.14 bits per heavy atom. The Kier molecular flexibility index (Phi) is 11.6. The number of anilines is 2. The third-order valence-corrected chi connectivity index (χ3v) is 8.52. The van der Waals surface area contributed by atoms with Crippen molar-refractivity contribution < 1.29 is 56.7 Å². The van der Waals surface area contributed by atoms with Crippen molar-refractivity contribution in [2.45, 2.75) is 117 Å². The number of benzene rings is 1. The van der Waals surface area contributed by atoms with Gasteiger partial charge in [0.15, 0.2) is 24.0 Å². The van der Waals surface area contributed by atoms with Crippen LogP contribution in [0.5, 0.6) is 5.75 Å². The molecule has 56 heavy (non-hydrogen) atoms. The number of halogens is 1. The molecule has 4 amide bonds. The number of carbonyl (C=O) groups is 6. The molecule has 0 radical (unpaired) electrons. The van der Waals surface area contributed by atoms with Crippen LogP contribution in [0.15, 0.2) is 65.6 Å². The maximum atomic E-state index is 14.6. The predicted octanol–water partition coefficient (Wildman–Crippen LogP) is 5.22. The van der Waals surface area contributed by atoms with Gasteiger partial charge in [0.2, 0.25) is 6.54 Å². The van der Waals surface area contributed by atoms with Gasteiger partial charge in [-0.2, -0.15) is 4.57 Å². The van der Waals surface area contributed by atoms with Crippen molar-refractivity contribution in [3.63, 3.8) is 0 Å². The van der Waals surface area contributed by atoms with Gasteiger partial charge in [0, 0.05) is 36.0 Å². The van der Waals surface area contributed by atoms with Crippen LogP contribution in [0.1, 0.15) is 81.6 Å². The van der Waals surface area contributed by atoms with Gasteiger partial charge in [-0.3, -0.25) is 19.3 Å². The number of hydrogen-bond acceptors (Lipinski definition) is 10. The lowest BCUT2D eigenvalue weighted by atomic mass is 9.83. The molecule has 0 spiro atoms. The van der Waals surface area contributed by atoms with E-state index in [2.05, 4.69) is 10.6 Å². The second kappa shape index (κ2) is 15.7. The van der Waals surface area contributed by atoms with Crippen LogP contribution >= 0.6 is 0 Å². The van der Waals surface area contributed by atoms with E-state index in [1.165, 1.54) is 17.0 Å². The number of nitrogens with zero attached hydrogens (tertiary/aromatic N) is 3. The van der Waals surface area contributed by atoms with Crippen molar-refractivity contribution >= 4 is 47.3 Å². The fraction of sp³-hybridized carbons (Fsp3) is 0.475. The monoisotopic (exact) mass is 778 g/mol. The van der Waals surface area contributed by atoms with Crippen molar-refractivity contribution in [1.82, 2.24) is 10.2 Å². The second-order valence-electron chi connectivity index (χ2n) is 16.7. The molecule has 2 aromatic rings. The molecule has 0 saturated carbocycles. The molecule has 2 N–H and O–H groups in total. The van der Waals surface area contributed by atoms with Crippen LogP contribution in [0.2, 0.25) is 0 Å². The first-order valence-electron chi connectivity index (χ1n) is 18.3. The third-order valence-electron chi connectivity index (χ3n) is 8.52. The van der Waals surface area contributed by atoms with Crippen molar-refractivity contribution in [3.05, 3.63) is 71.5 Å². The highest BCUT2D eigenvalue weighted by Crippen LogP contribution is 2.39. The number of carbonyl (C=O) groups excluding carboxylic acids is 6. The highest BCUT2D eigenvalue weighted by atomic mass is 19.1. The lowest BCUT2D eigenvalue weighted by molar-refractivity contribution is -0.684. The zero-order valence-electron chi connectivity index (χ0n) is 33.1. The summed E-state index contributed by atoms with van der Waals surface area (Å²) in [5, 5.41) is 5.23. The number of β-lactam (4-membered cyclic amide) rings is 1. The van der Waals surface area contributed by atoms with E-state index in [0.717, 1.165) is 6.07 Å². The van der Waals surface area contributed by atoms with Gasteiger partial charge in [0.1, 0.15) is 28.5 Å². The van der Waals surface area contributed by atoms with Crippen molar-refractivity contribution in [1.29, 1.82) is 0 Å². The van der Waals surface area contributed by atoms with E-state index in [9.17, 15) is 33.2 Å². The molecule has 1 aromatic heterocycles. The Bertz CT molecular complexity index is 1990. The first-order valence-corrected chi connectivity index (χ1v) is 18.3. The summed E-state index contributed by atoms with van der Waals surface area (Å²) in [7, 11) is 0. The summed E-state index contributed by atoms with van der Waals surface area (Å²) in [5.41, 5.74) is -0.712. The maximum Gasteiger partial charge on any atom is 0.514 e. The van der Waals surface area contributed by atoms with Gasteiger partial charge in [-0.1, -0.05) is 0 Å². The van der Waals surface area contributed by atoms with Gasteiger partial charge in [-0.25, -0.2) is 18.8 Å². The molecule has 1 aromatic carbocycles. The Morgan fingerprint density at radius 2 is 1.54 bits per heavy atom. The molecule has 0 bridgehead atoms. The van der Waals surface area contributed by atoms with Gasteiger partial charge < -0.3 is 34.5 Å². The predicted molar refractivity (Wildman–Crippen MR) is 199 cm³/mol. The molecule has 300 valence electrons. The highest BCUT2D eigenvalue weighted by molar-refractivity contribution is 6.09. The summed E-state index contributed by atoms with van der Waals surface area (Å²) in [4.78, 5) is 80.7. The van der Waals surface area contributed by atoms with Crippen molar-refractivity contribution in [2.75, 3.05) is 16.8 Å². The molecular weight excluding hydrogens is 729 g/mol. The average Bonchev–Trinajstić information content (AvgIpc) is 3.41. The summed E-state index contributed by atoms with van der Waals surface area (Å²) in [6.45, 7) is 15.5. The molecule has 5 rings (SSSR count). The Hall–Kier alpha value is -5.80. The number of aromatic nitrogens is 1. The zero-order chi connectivity index (χ0) is 41.3. The highest BCUT2D eigenvalue weighted by Gasteiger charge is 2.54. The number of nitrogens with one attached hydrogen (secondary N) is 2. The summed E-state index contributed by atoms with van der Waals surface area (Å²) >= 11 is 0. The van der Waals surface area contributed by atoms with Crippen LogP contribution in [0.4, 0.5) is 25.4 Å². The smallest absolute Gasteiger partial charge is 0.455 e. The molecule has 2 saturated heterocycles. The fourth-order valence-corrected chi connectivity index (χ4v) is 6.31. The molecule has 3 aliphatic heterocycles. The van der Waals surface area contributed by atoms with Gasteiger partial charge in [-0.05, 0) is 105 Å². The Labute approximate surface area is 324 Å². The first-order chi connectivity index (χ1) is 26.0. The average molecular weight is 779 g/mol. The summed E-state index contributed by atoms with van der Waals surface area (Å²) in [6, 6.07) is 5.63. The number of rotatable bonds is 8. The lowest BCUT2D eigenvalue weighted by Gasteiger charge is -2.50. The van der Waals surface area contributed by atoms with E-state index in [0.29, 0.717) is 42.6 Å². The molecule has 2 atom stereocenters. The molecular formula is C40H49FN5O10+. The molecule has 0 aliphatic carbocycles. The third kappa shape index (κ3) is 10.3. The van der Waals surface area contributed by atoms with Crippen LogP contribution in [0.3, 0.4) is 0 Å². The standard InChI is InChI=1S/C40H48FN5O10/c1-38(2,3)54-35(50)32-23(10-12-28-31(34(49)46(28)32)43-36(51)55-39(4,5)6)20-24-14-19-45(33(24)48)26-15-17-44(18-16-26)22-30(47)42-25-11-13-29(27(41)21-25)53-37(52)56-40(7,8)9/h11,13,15-18,20-21,28,31H,10,12,14,19,22H2,1-9H3,(H-,42,43,47,51)/p+1/b24-20+/t28-,31+/m1/s1. The van der Waals surface area contributed by atoms with E-state index in [1.54, 1.807) is 102 Å². The minimum Gasteiger partial charge on any atom is -0.455 e. The van der Waals surface area contributed by atoms with Crippen LogP contribution in [0, 0.1) is 5.82 Å². The van der Waals surface area contributed by atoms with Crippen LogP contribution < -0.4 is 24.8 Å². The number of fused-ring (bicyclic) bond motifs is 1. The van der Waals surface area contributed by atoms with E-state index >= 15 is 0 Å². The zero-order valence-corrected chi connectivity index (χ0v) is 33.1. The quantitative estimate of drug-likeness (QED) is 0.0904. The van der Waals surface area contributed by atoms with E-state index in [4.69, 9.17) is 18.9 Å². The summed E-state index contributed by atoms with van der Waals surface area (Å²) < 4.78 is 37.1. The number of ether oxygens (including phenoxy) is 4. The molecule has 4 heterocycles. The molecule has 2 fully saturated rings. The molecule has 16 heteroatoms. The number of amides is 4. The maximum absolute atomic E-state index is 14.6. The van der Waals surface area contributed by atoms with E-state index < -0.39 is 64.7 Å². The number of allylic oxidation sites excluding steroid dienone is 2. The number of alkyl carbamates (subject to hydrolysis) is 1. The van der Waals surface area contributed by atoms with E-state index in [-0.39, 0.29) is 29.6 Å². The Morgan fingerprint density at radius 1 is 0.893 bits per heavy atom. The van der Waals surface area contributed by atoms with Crippen LogP contribution in [-0.2, 0) is 39.9 Å². The SMILES string of the molecule is CC(C)(C)OC(=O)N[C@@H]1C(=O)N2C(C(=O)OC(C)(C)C)=C(/C=C3\CCN(c4cc[n+](CC(=O)Nc5ccc(OC(=O)OC(C)(C)C)c(F)c5)cc4)C3=O)CC[C@H]12. The molecule has 3 aliphatic rings. The van der Waals surface area contributed by atoms with Crippen molar-refractivity contribution in [2.24, 2.45) is 0 Å². The normalized spacial score (nSPS) is 19.3. The lowest BCUT2D eigenvalue weighted by Crippen LogP contribution is -2.72.